The van der Waals surface area contributed by atoms with E-state index in [0.29, 0.717) is 30.0 Å². The molecule has 2 N–H and O–H groups in total. The number of amides is 1. The summed E-state index contributed by atoms with van der Waals surface area (Å²) in [5, 5.41) is 11.3. The van der Waals surface area contributed by atoms with Gasteiger partial charge < -0.3 is 15.2 Å². The van der Waals surface area contributed by atoms with Crippen molar-refractivity contribution < 1.29 is 19.4 Å². The average molecular weight is 359 g/mol. The number of ether oxygens (including phenoxy) is 1. The highest BCUT2D eigenvalue weighted by Gasteiger charge is 2.17. The zero-order valence-corrected chi connectivity index (χ0v) is 14.8. The molecular formula is C19H21NO4S. The van der Waals surface area contributed by atoms with Gasteiger partial charge in [0.05, 0.1) is 12.2 Å². The van der Waals surface area contributed by atoms with Gasteiger partial charge in [-0.25, -0.2) is 0 Å². The molecule has 25 heavy (non-hydrogen) atoms. The number of hydrogen-bond donors (Lipinski definition) is 2. The monoisotopic (exact) mass is 359 g/mol. The van der Waals surface area contributed by atoms with Crippen molar-refractivity contribution in [2.24, 2.45) is 0 Å². The summed E-state index contributed by atoms with van der Waals surface area (Å²) in [5.74, 6) is -0.308. The van der Waals surface area contributed by atoms with Gasteiger partial charge in [0, 0.05) is 11.4 Å². The van der Waals surface area contributed by atoms with Gasteiger partial charge in [0.1, 0.15) is 11.0 Å². The highest BCUT2D eigenvalue weighted by Crippen LogP contribution is 2.26. The molecule has 0 aromatic heterocycles. The van der Waals surface area contributed by atoms with E-state index in [4.69, 9.17) is 9.84 Å². The number of carbonyl (C=O) groups excluding carboxylic acids is 1. The minimum Gasteiger partial charge on any atom is -0.494 e. The van der Waals surface area contributed by atoms with E-state index in [-0.39, 0.29) is 5.91 Å². The summed E-state index contributed by atoms with van der Waals surface area (Å²) in [6.07, 6.45) is 0.682. The van der Waals surface area contributed by atoms with E-state index in [1.54, 1.807) is 31.2 Å². The number of hydrogen-bond acceptors (Lipinski definition) is 4. The Morgan fingerprint density at radius 3 is 2.52 bits per heavy atom. The second-order valence-corrected chi connectivity index (χ2v) is 6.75. The highest BCUT2D eigenvalue weighted by atomic mass is 32.2. The standard InChI is InChI=1S/C19H21NO4S/c1-14(19(22)23)25-17-11-6-5-10-16(17)18(21)20-12-7-13-24-15-8-3-2-4-9-15/h2-6,8-11,14H,7,12-13H2,1H3,(H,20,21)(H,22,23). The van der Waals surface area contributed by atoms with Crippen LogP contribution >= 0.6 is 11.8 Å². The van der Waals surface area contributed by atoms with Gasteiger partial charge in [0.15, 0.2) is 0 Å². The third-order valence-electron chi connectivity index (χ3n) is 3.40. The van der Waals surface area contributed by atoms with E-state index in [0.717, 1.165) is 17.5 Å². The summed E-state index contributed by atoms with van der Waals surface area (Å²) in [5.41, 5.74) is 0.490. The molecule has 0 bridgehead atoms. The predicted octanol–water partition coefficient (Wildman–Crippen LogP) is 3.45. The van der Waals surface area contributed by atoms with Gasteiger partial charge in [-0.2, -0.15) is 0 Å². The maximum atomic E-state index is 12.3. The van der Waals surface area contributed by atoms with Crippen molar-refractivity contribution in [3.05, 3.63) is 60.2 Å². The van der Waals surface area contributed by atoms with E-state index in [1.165, 1.54) is 0 Å². The van der Waals surface area contributed by atoms with Crippen LogP contribution in [-0.4, -0.2) is 35.4 Å². The first-order valence-electron chi connectivity index (χ1n) is 8.02. The van der Waals surface area contributed by atoms with E-state index < -0.39 is 11.2 Å². The normalized spacial score (nSPS) is 11.6. The number of aliphatic carboxylic acids is 1. The van der Waals surface area contributed by atoms with Crippen molar-refractivity contribution >= 4 is 23.6 Å². The average Bonchev–Trinajstić information content (AvgIpc) is 2.62. The van der Waals surface area contributed by atoms with Gasteiger partial charge in [-0.3, -0.25) is 9.59 Å². The number of carboxylic acids is 1. The van der Waals surface area contributed by atoms with Gasteiger partial charge >= 0.3 is 5.97 Å². The Kier molecular flexibility index (Phi) is 7.35. The third-order valence-corrected chi connectivity index (χ3v) is 4.57. The van der Waals surface area contributed by atoms with Crippen molar-refractivity contribution in [1.29, 1.82) is 0 Å². The van der Waals surface area contributed by atoms with Gasteiger partial charge in [0.25, 0.3) is 5.91 Å². The molecular weight excluding hydrogens is 338 g/mol. The number of benzene rings is 2. The van der Waals surface area contributed by atoms with E-state index in [9.17, 15) is 9.59 Å². The molecule has 0 aliphatic carbocycles. The number of carboxylic acid groups (broad SMARTS) is 1. The maximum absolute atomic E-state index is 12.3. The Bertz CT molecular complexity index is 706. The summed E-state index contributed by atoms with van der Waals surface area (Å²) in [4.78, 5) is 24.0. The van der Waals surface area contributed by atoms with Crippen molar-refractivity contribution in [1.82, 2.24) is 5.32 Å². The molecule has 132 valence electrons. The first-order valence-corrected chi connectivity index (χ1v) is 8.90. The first-order chi connectivity index (χ1) is 12.1. The van der Waals surface area contributed by atoms with Crippen molar-refractivity contribution in [3.8, 4) is 5.75 Å². The Labute approximate surface area is 151 Å². The molecule has 0 radical (unpaired) electrons. The van der Waals surface area contributed by atoms with E-state index >= 15 is 0 Å². The summed E-state index contributed by atoms with van der Waals surface area (Å²) in [6, 6.07) is 16.5. The minimum atomic E-state index is -0.904. The van der Waals surface area contributed by atoms with Crippen LogP contribution in [0.2, 0.25) is 0 Å². The Morgan fingerprint density at radius 2 is 1.80 bits per heavy atom. The topological polar surface area (TPSA) is 75.6 Å². The number of para-hydroxylation sites is 1. The Morgan fingerprint density at radius 1 is 1.12 bits per heavy atom. The lowest BCUT2D eigenvalue weighted by molar-refractivity contribution is -0.136. The first kappa shape index (κ1) is 18.9. The molecule has 0 fully saturated rings. The van der Waals surface area contributed by atoms with E-state index in [2.05, 4.69) is 5.32 Å². The van der Waals surface area contributed by atoms with Crippen LogP contribution in [0, 0.1) is 0 Å². The second-order valence-electron chi connectivity index (χ2n) is 5.37. The van der Waals surface area contributed by atoms with Gasteiger partial charge in [0.2, 0.25) is 0 Å². The molecule has 0 spiro atoms. The van der Waals surface area contributed by atoms with Crippen LogP contribution in [0.15, 0.2) is 59.5 Å². The smallest absolute Gasteiger partial charge is 0.316 e. The molecule has 1 atom stereocenters. The molecule has 0 saturated heterocycles. The maximum Gasteiger partial charge on any atom is 0.316 e. The Hall–Kier alpha value is -2.47. The van der Waals surface area contributed by atoms with E-state index in [1.807, 2.05) is 30.3 Å². The highest BCUT2D eigenvalue weighted by molar-refractivity contribution is 8.00. The molecule has 5 nitrogen and oxygen atoms in total. The zero-order chi connectivity index (χ0) is 18.1. The molecule has 2 rings (SSSR count). The SMILES string of the molecule is CC(Sc1ccccc1C(=O)NCCCOc1ccccc1)C(=O)O. The van der Waals surface area contributed by atoms with Crippen LogP contribution in [0.1, 0.15) is 23.7 Å². The van der Waals surface area contributed by atoms with Crippen molar-refractivity contribution in [2.75, 3.05) is 13.2 Å². The molecule has 1 amide bonds. The fourth-order valence-corrected chi connectivity index (χ4v) is 3.00. The molecule has 0 aliphatic rings. The number of carbonyl (C=O) groups is 2. The van der Waals surface area contributed by atoms with Gasteiger partial charge in [-0.1, -0.05) is 30.3 Å². The summed E-state index contributed by atoms with van der Waals surface area (Å²) >= 11 is 1.16. The minimum absolute atomic E-state index is 0.208. The molecule has 2 aromatic carbocycles. The molecule has 0 heterocycles. The number of nitrogens with one attached hydrogen (secondary N) is 1. The quantitative estimate of drug-likeness (QED) is 0.530. The third kappa shape index (κ3) is 6.15. The van der Waals surface area contributed by atoms with Gasteiger partial charge in [-0.05, 0) is 37.6 Å². The van der Waals surface area contributed by atoms with Crippen LogP contribution in [0.5, 0.6) is 5.75 Å². The largest absolute Gasteiger partial charge is 0.494 e. The molecule has 2 aromatic rings. The molecule has 0 saturated carbocycles. The van der Waals surface area contributed by atoms with Crippen LogP contribution in [0.4, 0.5) is 0 Å². The van der Waals surface area contributed by atoms with Crippen molar-refractivity contribution in [2.45, 2.75) is 23.5 Å². The molecule has 1 unspecified atom stereocenters. The lowest BCUT2D eigenvalue weighted by Crippen LogP contribution is -2.26. The van der Waals surface area contributed by atoms with Crippen LogP contribution in [0.25, 0.3) is 0 Å². The Balaban J connectivity index is 1.81. The number of rotatable bonds is 9. The summed E-state index contributed by atoms with van der Waals surface area (Å²) in [7, 11) is 0. The summed E-state index contributed by atoms with van der Waals surface area (Å²) in [6.45, 7) is 2.60. The predicted molar refractivity (Wildman–Crippen MR) is 98.3 cm³/mol. The van der Waals surface area contributed by atoms with Crippen molar-refractivity contribution in [3.63, 3.8) is 0 Å². The molecule has 0 aliphatic heterocycles. The fraction of sp³-hybridized carbons (Fsp3) is 0.263. The van der Waals surface area contributed by atoms with Crippen LogP contribution in [0.3, 0.4) is 0 Å². The zero-order valence-electron chi connectivity index (χ0n) is 14.0. The summed E-state index contributed by atoms with van der Waals surface area (Å²) < 4.78 is 5.58. The van der Waals surface area contributed by atoms with Crippen LogP contribution < -0.4 is 10.1 Å². The second kappa shape index (κ2) is 9.74. The lowest BCUT2D eigenvalue weighted by atomic mass is 10.2. The van der Waals surface area contributed by atoms with Crippen LogP contribution in [-0.2, 0) is 4.79 Å². The number of thioether (sulfide) groups is 1. The molecule has 6 heteroatoms. The lowest BCUT2D eigenvalue weighted by Gasteiger charge is -2.12. The fourth-order valence-electron chi connectivity index (χ4n) is 2.07. The van der Waals surface area contributed by atoms with Gasteiger partial charge in [-0.15, -0.1) is 11.8 Å².